The average Bonchev–Trinajstić information content (AvgIpc) is 2.30. The predicted molar refractivity (Wildman–Crippen MR) is 43.1 cm³/mol. The van der Waals surface area contributed by atoms with Crippen molar-refractivity contribution in [3.05, 3.63) is 0 Å². The number of carbonyl (C=O) groups excluding carboxylic acids is 1. The molecule has 2 heteroatoms. The van der Waals surface area contributed by atoms with Crippen LogP contribution in [-0.4, -0.2) is 12.1 Å². The first kappa shape index (κ1) is 8.57. The van der Waals surface area contributed by atoms with Crippen molar-refractivity contribution in [3.8, 4) is 0 Å². The van der Waals surface area contributed by atoms with Gasteiger partial charge in [0, 0.05) is 0 Å². The molecule has 11 heavy (non-hydrogen) atoms. The van der Waals surface area contributed by atoms with E-state index in [0.29, 0.717) is 5.92 Å². The topological polar surface area (TPSA) is 26.3 Å². The summed E-state index contributed by atoms with van der Waals surface area (Å²) in [5.74, 6) is 0.589. The molecule has 0 radical (unpaired) electrons. The molecular formula is C9H16O2. The third kappa shape index (κ3) is 1.73. The second-order valence-corrected chi connectivity index (χ2v) is 3.55. The van der Waals surface area contributed by atoms with Gasteiger partial charge in [0.1, 0.15) is 6.10 Å². The molecule has 0 aromatic carbocycles. The molecule has 64 valence electrons. The van der Waals surface area contributed by atoms with Crippen LogP contribution in [-0.2, 0) is 9.53 Å². The fourth-order valence-electron chi connectivity index (χ4n) is 1.47. The number of cyclic esters (lactones) is 1. The first-order valence-electron chi connectivity index (χ1n) is 4.35. The lowest BCUT2D eigenvalue weighted by Crippen LogP contribution is -2.13. The molecule has 0 saturated carbocycles. The van der Waals surface area contributed by atoms with Gasteiger partial charge in [-0.15, -0.1) is 0 Å². The SMILES string of the molecule is CCC1CC(C(C)C)C(=O)O1. The monoisotopic (exact) mass is 156 g/mol. The van der Waals surface area contributed by atoms with Gasteiger partial charge in [0.05, 0.1) is 5.92 Å². The van der Waals surface area contributed by atoms with Crippen molar-refractivity contribution in [2.75, 3.05) is 0 Å². The molecular weight excluding hydrogens is 140 g/mol. The lowest BCUT2D eigenvalue weighted by molar-refractivity contribution is -0.145. The summed E-state index contributed by atoms with van der Waals surface area (Å²) < 4.78 is 5.15. The van der Waals surface area contributed by atoms with Crippen LogP contribution in [0.4, 0.5) is 0 Å². The Morgan fingerprint density at radius 2 is 2.27 bits per heavy atom. The Morgan fingerprint density at radius 1 is 1.64 bits per heavy atom. The van der Waals surface area contributed by atoms with E-state index >= 15 is 0 Å². The first-order valence-corrected chi connectivity index (χ1v) is 4.35. The number of ether oxygens (including phenoxy) is 1. The lowest BCUT2D eigenvalue weighted by atomic mass is 9.92. The summed E-state index contributed by atoms with van der Waals surface area (Å²) in [6.45, 7) is 6.20. The highest BCUT2D eigenvalue weighted by atomic mass is 16.5. The maximum Gasteiger partial charge on any atom is 0.309 e. The molecule has 0 spiro atoms. The molecule has 0 bridgehead atoms. The summed E-state index contributed by atoms with van der Waals surface area (Å²) in [4.78, 5) is 11.2. The number of hydrogen-bond donors (Lipinski definition) is 0. The Bertz CT molecular complexity index is 152. The van der Waals surface area contributed by atoms with Crippen LogP contribution in [0.1, 0.15) is 33.6 Å². The highest BCUT2D eigenvalue weighted by Gasteiger charge is 2.34. The van der Waals surface area contributed by atoms with Gasteiger partial charge in [-0.2, -0.15) is 0 Å². The zero-order chi connectivity index (χ0) is 8.43. The maximum atomic E-state index is 11.2. The van der Waals surface area contributed by atoms with Crippen LogP contribution in [0, 0.1) is 11.8 Å². The summed E-state index contributed by atoms with van der Waals surface area (Å²) >= 11 is 0. The Kier molecular flexibility index (Phi) is 2.53. The van der Waals surface area contributed by atoms with Gasteiger partial charge in [0.2, 0.25) is 0 Å². The van der Waals surface area contributed by atoms with E-state index < -0.39 is 0 Å². The second kappa shape index (κ2) is 3.24. The minimum Gasteiger partial charge on any atom is -0.462 e. The summed E-state index contributed by atoms with van der Waals surface area (Å²) in [7, 11) is 0. The number of hydrogen-bond acceptors (Lipinski definition) is 2. The van der Waals surface area contributed by atoms with Crippen LogP contribution < -0.4 is 0 Å². The van der Waals surface area contributed by atoms with Gasteiger partial charge in [0.25, 0.3) is 0 Å². The molecule has 0 N–H and O–H groups in total. The highest BCUT2D eigenvalue weighted by molar-refractivity contribution is 5.74. The molecule has 1 heterocycles. The molecule has 2 unspecified atom stereocenters. The number of esters is 1. The van der Waals surface area contributed by atoms with E-state index in [1.54, 1.807) is 0 Å². The summed E-state index contributed by atoms with van der Waals surface area (Å²) in [6, 6.07) is 0. The van der Waals surface area contributed by atoms with E-state index in [1.807, 2.05) is 0 Å². The minimum absolute atomic E-state index is 0.00634. The molecule has 1 rings (SSSR count). The van der Waals surface area contributed by atoms with Gasteiger partial charge in [0.15, 0.2) is 0 Å². The Hall–Kier alpha value is -0.530. The molecule has 1 aliphatic heterocycles. The molecule has 0 amide bonds. The van der Waals surface area contributed by atoms with Crippen LogP contribution >= 0.6 is 0 Å². The molecule has 0 aromatic rings. The summed E-state index contributed by atoms with van der Waals surface area (Å²) in [6.07, 6.45) is 2.07. The normalized spacial score (nSPS) is 31.1. The standard InChI is InChI=1S/C9H16O2/c1-4-7-5-8(6(2)3)9(10)11-7/h6-8H,4-5H2,1-3H3. The molecule has 1 fully saturated rings. The average molecular weight is 156 g/mol. The number of carbonyl (C=O) groups is 1. The second-order valence-electron chi connectivity index (χ2n) is 3.55. The van der Waals surface area contributed by atoms with E-state index in [0.717, 1.165) is 12.8 Å². The van der Waals surface area contributed by atoms with Crippen molar-refractivity contribution in [1.29, 1.82) is 0 Å². The molecule has 2 nitrogen and oxygen atoms in total. The van der Waals surface area contributed by atoms with Crippen molar-refractivity contribution in [1.82, 2.24) is 0 Å². The van der Waals surface area contributed by atoms with Crippen LogP contribution in [0.2, 0.25) is 0 Å². The third-order valence-corrected chi connectivity index (χ3v) is 2.36. The first-order chi connectivity index (χ1) is 5.15. The van der Waals surface area contributed by atoms with Crippen molar-refractivity contribution < 1.29 is 9.53 Å². The predicted octanol–water partition coefficient (Wildman–Crippen LogP) is 1.98. The summed E-state index contributed by atoms with van der Waals surface area (Å²) in [5.41, 5.74) is 0. The van der Waals surface area contributed by atoms with Crippen LogP contribution in [0.15, 0.2) is 0 Å². The summed E-state index contributed by atoms with van der Waals surface area (Å²) in [5, 5.41) is 0. The molecule has 0 aliphatic carbocycles. The van der Waals surface area contributed by atoms with Crippen molar-refractivity contribution in [3.63, 3.8) is 0 Å². The molecule has 0 aromatic heterocycles. The zero-order valence-corrected chi connectivity index (χ0v) is 7.46. The highest BCUT2D eigenvalue weighted by Crippen LogP contribution is 2.28. The molecule has 2 atom stereocenters. The zero-order valence-electron chi connectivity index (χ0n) is 7.46. The van der Waals surface area contributed by atoms with Crippen molar-refractivity contribution in [2.45, 2.75) is 39.7 Å². The fourth-order valence-corrected chi connectivity index (χ4v) is 1.47. The van der Waals surface area contributed by atoms with Crippen molar-refractivity contribution >= 4 is 5.97 Å². The van der Waals surface area contributed by atoms with E-state index in [2.05, 4.69) is 20.8 Å². The lowest BCUT2D eigenvalue weighted by Gasteiger charge is -2.07. The number of rotatable bonds is 2. The minimum atomic E-state index is 0.00634. The van der Waals surface area contributed by atoms with Gasteiger partial charge in [-0.25, -0.2) is 0 Å². The maximum absolute atomic E-state index is 11.2. The van der Waals surface area contributed by atoms with E-state index in [4.69, 9.17) is 4.74 Å². The molecule has 1 saturated heterocycles. The Morgan fingerprint density at radius 3 is 2.55 bits per heavy atom. The van der Waals surface area contributed by atoms with E-state index in [9.17, 15) is 4.79 Å². The van der Waals surface area contributed by atoms with Crippen molar-refractivity contribution in [2.24, 2.45) is 11.8 Å². The molecule has 1 aliphatic rings. The van der Waals surface area contributed by atoms with Crippen LogP contribution in [0.25, 0.3) is 0 Å². The quantitative estimate of drug-likeness (QED) is 0.571. The van der Waals surface area contributed by atoms with Gasteiger partial charge in [-0.1, -0.05) is 20.8 Å². The van der Waals surface area contributed by atoms with Gasteiger partial charge >= 0.3 is 5.97 Å². The van der Waals surface area contributed by atoms with Crippen LogP contribution in [0.3, 0.4) is 0 Å². The van der Waals surface area contributed by atoms with E-state index in [-0.39, 0.29) is 18.0 Å². The van der Waals surface area contributed by atoms with E-state index in [1.165, 1.54) is 0 Å². The fraction of sp³-hybridized carbons (Fsp3) is 0.889. The van der Waals surface area contributed by atoms with Crippen LogP contribution in [0.5, 0.6) is 0 Å². The smallest absolute Gasteiger partial charge is 0.309 e. The largest absolute Gasteiger partial charge is 0.462 e. The Labute approximate surface area is 67.9 Å². The van der Waals surface area contributed by atoms with Gasteiger partial charge in [-0.05, 0) is 18.8 Å². The third-order valence-electron chi connectivity index (χ3n) is 2.36. The van der Waals surface area contributed by atoms with Gasteiger partial charge < -0.3 is 4.74 Å². The van der Waals surface area contributed by atoms with Gasteiger partial charge in [-0.3, -0.25) is 4.79 Å². The Balaban J connectivity index is 2.52.